The van der Waals surface area contributed by atoms with E-state index in [4.69, 9.17) is 9.29 Å². The first-order chi connectivity index (χ1) is 25.7. The highest BCUT2D eigenvalue weighted by Crippen LogP contribution is 2.33. The van der Waals surface area contributed by atoms with Crippen molar-refractivity contribution in [2.24, 2.45) is 0 Å². The molecule has 0 aliphatic rings. The lowest BCUT2D eigenvalue weighted by Crippen LogP contribution is -2.29. The number of amides is 1. The van der Waals surface area contributed by atoms with Gasteiger partial charge in [-0.15, -0.1) is 0 Å². The molecule has 0 bridgehead atoms. The van der Waals surface area contributed by atoms with E-state index in [-0.39, 0.29) is 26.0 Å². The molecule has 11 nitrogen and oxygen atoms in total. The highest BCUT2D eigenvalue weighted by molar-refractivity contribution is 7.85. The maximum Gasteiger partial charge on any atom is 0.677 e. The molecule has 5 rings (SSSR count). The monoisotopic (exact) mass is 776 g/mol. The zero-order valence-electron chi connectivity index (χ0n) is 28.1. The number of carbonyl (C=O) groups excluding carboxylic acids is 2. The number of esters is 1. The zero-order valence-corrected chi connectivity index (χ0v) is 28.9. The van der Waals surface area contributed by atoms with Gasteiger partial charge in [0, 0.05) is 42.7 Å². The third-order valence-corrected chi connectivity index (χ3v) is 8.83. The van der Waals surface area contributed by atoms with Crippen LogP contribution in [0.15, 0.2) is 71.8 Å². The van der Waals surface area contributed by atoms with E-state index < -0.39 is 69.7 Å². The fourth-order valence-corrected chi connectivity index (χ4v) is 5.99. The van der Waals surface area contributed by atoms with Gasteiger partial charge in [-0.3, -0.25) is 22.8 Å². The van der Waals surface area contributed by atoms with Crippen LogP contribution in [0.2, 0.25) is 0 Å². The van der Waals surface area contributed by atoms with E-state index in [0.29, 0.717) is 35.7 Å². The number of H-pyrrole nitrogens is 2. The second-order valence-electron chi connectivity index (χ2n) is 11.8. The SMILES string of the molecule is O=C(COc1ccc(/C=C/c2ccc(Cc3ccc(-c4ccc[nH]4)n3B(F)F)[nH]2)cc1)NCCCCCC(=O)Oc1c(F)c(F)c(S(=O)(=O)O)c(F)c1F. The summed E-state index contributed by atoms with van der Waals surface area (Å²) in [6.45, 7) is -0.0828. The molecule has 5 aromatic rings. The number of nitrogens with one attached hydrogen (secondary N) is 3. The van der Waals surface area contributed by atoms with Crippen LogP contribution in [0, 0.1) is 23.3 Å². The lowest BCUT2D eigenvalue weighted by molar-refractivity contribution is -0.135. The van der Waals surface area contributed by atoms with Crippen LogP contribution in [0.1, 0.15) is 48.3 Å². The van der Waals surface area contributed by atoms with Gasteiger partial charge in [-0.1, -0.05) is 24.6 Å². The number of hydrogen-bond acceptors (Lipinski definition) is 6. The molecule has 0 aliphatic carbocycles. The zero-order chi connectivity index (χ0) is 39.0. The highest BCUT2D eigenvalue weighted by Gasteiger charge is 2.34. The molecule has 4 N–H and O–H groups in total. The second kappa shape index (κ2) is 17.4. The van der Waals surface area contributed by atoms with Crippen LogP contribution in [-0.2, 0) is 26.1 Å². The number of rotatable bonds is 17. The van der Waals surface area contributed by atoms with E-state index in [0.717, 1.165) is 21.4 Å². The average Bonchev–Trinajstić information content (AvgIpc) is 3.91. The predicted octanol–water partition coefficient (Wildman–Crippen LogP) is 6.81. The summed E-state index contributed by atoms with van der Waals surface area (Å²) in [7, 11) is -8.35. The molecule has 0 aliphatic heterocycles. The summed E-state index contributed by atoms with van der Waals surface area (Å²) < 4.78 is 125. The third-order valence-electron chi connectivity index (χ3n) is 7.95. The summed E-state index contributed by atoms with van der Waals surface area (Å²) in [4.78, 5) is 28.0. The lowest BCUT2D eigenvalue weighted by atomic mass is 10.1. The van der Waals surface area contributed by atoms with Crippen molar-refractivity contribution in [3.05, 3.63) is 113 Å². The van der Waals surface area contributed by atoms with Gasteiger partial charge in [-0.25, -0.2) is 8.78 Å². The summed E-state index contributed by atoms with van der Waals surface area (Å²) in [5, 5.41) is 2.62. The lowest BCUT2D eigenvalue weighted by Gasteiger charge is -2.10. The molecule has 284 valence electrons. The molecular formula is C35H31BF6N4O7S. The van der Waals surface area contributed by atoms with Crippen LogP contribution in [0.25, 0.3) is 23.5 Å². The Balaban J connectivity index is 0.996. The molecule has 2 aromatic carbocycles. The molecule has 1 amide bonds. The van der Waals surface area contributed by atoms with Crippen molar-refractivity contribution in [3.63, 3.8) is 0 Å². The maximum absolute atomic E-state index is 14.0. The Kier molecular flexibility index (Phi) is 12.8. The fraction of sp³-hybridized carbons (Fsp3) is 0.200. The van der Waals surface area contributed by atoms with Gasteiger partial charge < -0.3 is 29.2 Å². The van der Waals surface area contributed by atoms with Crippen molar-refractivity contribution >= 4 is 41.5 Å². The molecule has 3 aromatic heterocycles. The average molecular weight is 777 g/mol. The van der Waals surface area contributed by atoms with Crippen molar-refractivity contribution in [1.82, 2.24) is 19.8 Å². The molecule has 0 atom stereocenters. The molecule has 0 saturated carbocycles. The Morgan fingerprint density at radius 3 is 2.26 bits per heavy atom. The molecule has 0 unspecified atom stereocenters. The Bertz CT molecular complexity index is 2210. The number of halogens is 6. The maximum atomic E-state index is 14.0. The van der Waals surface area contributed by atoms with E-state index in [1.165, 1.54) is 0 Å². The Morgan fingerprint density at radius 1 is 0.889 bits per heavy atom. The molecule has 0 saturated heterocycles. The van der Waals surface area contributed by atoms with Gasteiger partial charge in [0.15, 0.2) is 23.1 Å². The molecule has 0 spiro atoms. The first-order valence-corrected chi connectivity index (χ1v) is 17.7. The van der Waals surface area contributed by atoms with Crippen molar-refractivity contribution in [1.29, 1.82) is 0 Å². The van der Waals surface area contributed by atoms with Crippen LogP contribution < -0.4 is 14.8 Å². The van der Waals surface area contributed by atoms with E-state index in [2.05, 4.69) is 20.0 Å². The fourth-order valence-electron chi connectivity index (χ4n) is 5.36. The van der Waals surface area contributed by atoms with Gasteiger partial charge in [0.05, 0.1) is 11.4 Å². The number of benzene rings is 2. The van der Waals surface area contributed by atoms with Crippen molar-refractivity contribution in [3.8, 4) is 22.9 Å². The number of aromatic nitrogens is 3. The number of carbonyl (C=O) groups is 2. The molecular weight excluding hydrogens is 745 g/mol. The first-order valence-electron chi connectivity index (χ1n) is 16.2. The van der Waals surface area contributed by atoms with Crippen LogP contribution in [0.4, 0.5) is 26.2 Å². The number of ether oxygens (including phenoxy) is 2. The van der Waals surface area contributed by atoms with E-state index in [1.54, 1.807) is 54.7 Å². The van der Waals surface area contributed by atoms with Crippen molar-refractivity contribution in [2.75, 3.05) is 13.2 Å². The smallest absolute Gasteiger partial charge is 0.484 e. The van der Waals surface area contributed by atoms with Gasteiger partial charge in [0.1, 0.15) is 5.75 Å². The molecule has 54 heavy (non-hydrogen) atoms. The van der Waals surface area contributed by atoms with Gasteiger partial charge in [0.25, 0.3) is 5.91 Å². The first kappa shape index (κ1) is 39.5. The molecule has 0 radical (unpaired) electrons. The summed E-state index contributed by atoms with van der Waals surface area (Å²) in [6, 6.07) is 17.4. The molecule has 19 heteroatoms. The van der Waals surface area contributed by atoms with Crippen LogP contribution >= 0.6 is 0 Å². The minimum atomic E-state index is -5.65. The normalized spacial score (nSPS) is 11.6. The minimum absolute atomic E-state index is 0.111. The summed E-state index contributed by atoms with van der Waals surface area (Å²) in [5.74, 6) is -12.5. The molecule has 3 heterocycles. The quantitative estimate of drug-likeness (QED) is 0.0154. The Morgan fingerprint density at radius 2 is 1.61 bits per heavy atom. The molecule has 0 fully saturated rings. The summed E-state index contributed by atoms with van der Waals surface area (Å²) in [5.41, 5.74) is 3.82. The topological polar surface area (TPSA) is 156 Å². The van der Waals surface area contributed by atoms with Crippen LogP contribution in [0.3, 0.4) is 0 Å². The number of unbranched alkanes of at least 4 members (excludes halogenated alkanes) is 2. The van der Waals surface area contributed by atoms with Crippen LogP contribution in [-0.4, -0.2) is 59.8 Å². The third kappa shape index (κ3) is 9.84. The predicted molar refractivity (Wildman–Crippen MR) is 185 cm³/mol. The van der Waals surface area contributed by atoms with E-state index in [9.17, 15) is 44.2 Å². The van der Waals surface area contributed by atoms with E-state index >= 15 is 0 Å². The standard InChI is InChI=1S/C35H31BF6N4O7S/c37-30-32(39)35(54(49,50)51)33(40)31(38)34(30)53-29(48)6-2-1-3-17-44-28(47)20-52-25-14-8-21(9-15-25)7-10-22-11-12-23(45-22)19-24-13-16-27(46(24)36(41)42)26-5-4-18-43-26/h4-5,7-16,18,43,45H,1-3,6,17,19-20H2,(H,44,47)(H,49,50,51)/b10-7+. The summed E-state index contributed by atoms with van der Waals surface area (Å²) in [6.07, 6.45) is 6.04. The van der Waals surface area contributed by atoms with Gasteiger partial charge in [-0.05, 0) is 73.0 Å². The van der Waals surface area contributed by atoms with Gasteiger partial charge in [0.2, 0.25) is 17.4 Å². The van der Waals surface area contributed by atoms with Gasteiger partial charge >= 0.3 is 23.5 Å². The van der Waals surface area contributed by atoms with Crippen LogP contribution in [0.5, 0.6) is 11.5 Å². The van der Waals surface area contributed by atoms with E-state index in [1.807, 2.05) is 24.3 Å². The highest BCUT2D eigenvalue weighted by atomic mass is 32.2. The number of nitrogens with zero attached hydrogens (tertiary/aromatic N) is 1. The number of aromatic amines is 2. The number of hydrogen-bond donors (Lipinski definition) is 4. The Labute approximate surface area is 304 Å². The van der Waals surface area contributed by atoms with Crippen molar-refractivity contribution < 1.29 is 58.2 Å². The van der Waals surface area contributed by atoms with Gasteiger partial charge in [-0.2, -0.15) is 17.2 Å². The second-order valence-corrected chi connectivity index (χ2v) is 13.1. The largest absolute Gasteiger partial charge is 0.677 e. The summed E-state index contributed by atoms with van der Waals surface area (Å²) >= 11 is 0. The Hall–Kier alpha value is -5.69. The minimum Gasteiger partial charge on any atom is -0.484 e. The van der Waals surface area contributed by atoms with Crippen molar-refractivity contribution in [2.45, 2.75) is 37.0 Å².